The SMILES string of the molecule is CC[C@@]1(O)C(C)C[C@H]2[C@@H]3CCC4CCCC[C@]4(C)[C@H]3CC[C@@]21C. The van der Waals surface area contributed by atoms with Crippen molar-refractivity contribution < 1.29 is 5.11 Å². The van der Waals surface area contributed by atoms with Crippen LogP contribution in [0.1, 0.15) is 91.9 Å². The Labute approximate surface area is 143 Å². The second kappa shape index (κ2) is 5.23. The molecule has 1 N–H and O–H groups in total. The summed E-state index contributed by atoms with van der Waals surface area (Å²) in [6, 6.07) is 0. The van der Waals surface area contributed by atoms with Gasteiger partial charge in [0.05, 0.1) is 5.60 Å². The molecule has 0 aromatic rings. The number of hydrogen-bond acceptors (Lipinski definition) is 1. The second-order valence-electron chi connectivity index (χ2n) is 10.3. The van der Waals surface area contributed by atoms with Gasteiger partial charge in [-0.3, -0.25) is 0 Å². The van der Waals surface area contributed by atoms with Gasteiger partial charge in [0.1, 0.15) is 0 Å². The maximum absolute atomic E-state index is 11.5. The highest BCUT2D eigenvalue weighted by atomic mass is 16.3. The summed E-state index contributed by atoms with van der Waals surface area (Å²) in [4.78, 5) is 0. The molecule has 1 nitrogen and oxygen atoms in total. The van der Waals surface area contributed by atoms with E-state index < -0.39 is 5.60 Å². The maximum Gasteiger partial charge on any atom is 0.0726 e. The predicted molar refractivity (Wildman–Crippen MR) is 96.1 cm³/mol. The summed E-state index contributed by atoms with van der Waals surface area (Å²) in [6.07, 6.45) is 13.7. The van der Waals surface area contributed by atoms with Crippen LogP contribution in [0.5, 0.6) is 0 Å². The molecular weight excluding hydrogens is 280 g/mol. The molecule has 0 heterocycles. The van der Waals surface area contributed by atoms with Crippen LogP contribution < -0.4 is 0 Å². The summed E-state index contributed by atoms with van der Waals surface area (Å²) >= 11 is 0. The van der Waals surface area contributed by atoms with Crippen molar-refractivity contribution in [1.29, 1.82) is 0 Å². The molecule has 0 spiro atoms. The van der Waals surface area contributed by atoms with Crippen LogP contribution in [0.2, 0.25) is 0 Å². The molecule has 2 unspecified atom stereocenters. The number of fused-ring (bicyclic) bond motifs is 5. The third kappa shape index (κ3) is 1.95. The summed E-state index contributed by atoms with van der Waals surface area (Å²) in [6.45, 7) is 9.66. The lowest BCUT2D eigenvalue weighted by Gasteiger charge is -2.61. The third-order valence-corrected chi connectivity index (χ3v) is 9.92. The van der Waals surface area contributed by atoms with Gasteiger partial charge in [0.2, 0.25) is 0 Å². The Kier molecular flexibility index (Phi) is 3.73. The van der Waals surface area contributed by atoms with Gasteiger partial charge in [-0.1, -0.05) is 40.5 Å². The van der Waals surface area contributed by atoms with Crippen LogP contribution in [0.4, 0.5) is 0 Å². The Morgan fingerprint density at radius 2 is 1.74 bits per heavy atom. The van der Waals surface area contributed by atoms with Crippen LogP contribution in [-0.4, -0.2) is 10.7 Å². The lowest BCUT2D eigenvalue weighted by molar-refractivity contribution is -0.158. The van der Waals surface area contributed by atoms with E-state index in [9.17, 15) is 5.11 Å². The van der Waals surface area contributed by atoms with Gasteiger partial charge in [0.15, 0.2) is 0 Å². The molecule has 4 rings (SSSR count). The monoisotopic (exact) mass is 318 g/mol. The summed E-state index contributed by atoms with van der Waals surface area (Å²) in [5, 5.41) is 11.5. The largest absolute Gasteiger partial charge is 0.389 e. The van der Waals surface area contributed by atoms with Crippen LogP contribution >= 0.6 is 0 Å². The van der Waals surface area contributed by atoms with Crippen LogP contribution in [0.15, 0.2) is 0 Å². The first-order valence-electron chi connectivity index (χ1n) is 10.6. The van der Waals surface area contributed by atoms with Crippen LogP contribution in [0.25, 0.3) is 0 Å². The van der Waals surface area contributed by atoms with Crippen molar-refractivity contribution in [3.8, 4) is 0 Å². The molecule has 0 saturated heterocycles. The van der Waals surface area contributed by atoms with Gasteiger partial charge in [-0.05, 0) is 91.8 Å². The highest BCUT2D eigenvalue weighted by molar-refractivity contribution is 5.15. The maximum atomic E-state index is 11.5. The van der Waals surface area contributed by atoms with Gasteiger partial charge in [-0.15, -0.1) is 0 Å². The van der Waals surface area contributed by atoms with Gasteiger partial charge in [-0.25, -0.2) is 0 Å². The summed E-state index contributed by atoms with van der Waals surface area (Å²) in [5.41, 5.74) is 0.395. The molecule has 8 atom stereocenters. The Bertz CT molecular complexity index is 473. The molecule has 23 heavy (non-hydrogen) atoms. The van der Waals surface area contributed by atoms with Crippen LogP contribution in [0.3, 0.4) is 0 Å². The fraction of sp³-hybridized carbons (Fsp3) is 1.00. The van der Waals surface area contributed by atoms with Crippen LogP contribution in [-0.2, 0) is 0 Å². The van der Waals surface area contributed by atoms with Crippen molar-refractivity contribution in [2.75, 3.05) is 0 Å². The molecule has 0 aliphatic heterocycles. The van der Waals surface area contributed by atoms with Gasteiger partial charge in [-0.2, -0.15) is 0 Å². The first-order chi connectivity index (χ1) is 10.9. The van der Waals surface area contributed by atoms with E-state index in [1.807, 2.05) is 0 Å². The fourth-order valence-corrected chi connectivity index (χ4v) is 8.48. The van der Waals surface area contributed by atoms with E-state index in [0.717, 1.165) is 30.1 Å². The van der Waals surface area contributed by atoms with Crippen molar-refractivity contribution in [2.24, 2.45) is 40.4 Å². The number of rotatable bonds is 1. The molecular formula is C22H38O. The van der Waals surface area contributed by atoms with E-state index in [0.29, 0.717) is 11.3 Å². The van der Waals surface area contributed by atoms with E-state index in [-0.39, 0.29) is 5.41 Å². The van der Waals surface area contributed by atoms with Gasteiger partial charge in [0.25, 0.3) is 0 Å². The zero-order valence-electron chi connectivity index (χ0n) is 15.9. The van der Waals surface area contributed by atoms with E-state index >= 15 is 0 Å². The zero-order chi connectivity index (χ0) is 16.5. The van der Waals surface area contributed by atoms with Crippen molar-refractivity contribution in [2.45, 2.75) is 97.5 Å². The van der Waals surface area contributed by atoms with Crippen LogP contribution in [0, 0.1) is 40.4 Å². The molecule has 4 aliphatic carbocycles. The molecule has 0 aromatic heterocycles. The smallest absolute Gasteiger partial charge is 0.0726 e. The van der Waals surface area contributed by atoms with E-state index in [1.165, 1.54) is 57.8 Å². The molecule has 0 aromatic carbocycles. The van der Waals surface area contributed by atoms with Crippen molar-refractivity contribution in [1.82, 2.24) is 0 Å². The second-order valence-corrected chi connectivity index (χ2v) is 10.3. The molecule has 4 saturated carbocycles. The molecule has 0 bridgehead atoms. The zero-order valence-corrected chi connectivity index (χ0v) is 15.9. The van der Waals surface area contributed by atoms with Crippen molar-refractivity contribution in [3.63, 3.8) is 0 Å². The molecule has 4 aliphatic rings. The topological polar surface area (TPSA) is 20.2 Å². The minimum atomic E-state index is -0.410. The minimum absolute atomic E-state index is 0.181. The normalized spacial score (nSPS) is 59.1. The third-order valence-electron chi connectivity index (χ3n) is 9.92. The first-order valence-corrected chi connectivity index (χ1v) is 10.6. The fourth-order valence-electron chi connectivity index (χ4n) is 8.48. The lowest BCUT2D eigenvalue weighted by Crippen LogP contribution is -2.56. The Balaban J connectivity index is 1.67. The summed E-state index contributed by atoms with van der Waals surface area (Å²) in [7, 11) is 0. The Hall–Kier alpha value is -0.0400. The number of hydrogen-bond donors (Lipinski definition) is 1. The van der Waals surface area contributed by atoms with E-state index in [4.69, 9.17) is 0 Å². The van der Waals surface area contributed by atoms with Crippen molar-refractivity contribution in [3.05, 3.63) is 0 Å². The Morgan fingerprint density at radius 1 is 0.957 bits per heavy atom. The average Bonchev–Trinajstić information content (AvgIpc) is 2.75. The quantitative estimate of drug-likeness (QED) is 0.647. The summed E-state index contributed by atoms with van der Waals surface area (Å²) < 4.78 is 0. The minimum Gasteiger partial charge on any atom is -0.389 e. The highest BCUT2D eigenvalue weighted by Gasteiger charge is 2.65. The molecule has 1 heteroatoms. The molecule has 0 radical (unpaired) electrons. The molecule has 132 valence electrons. The average molecular weight is 319 g/mol. The van der Waals surface area contributed by atoms with Gasteiger partial charge in [0, 0.05) is 0 Å². The standard InChI is InChI=1S/C22H38O/c1-5-22(23)15(2)14-19-17-10-9-16-8-6-7-12-20(16,3)18(17)11-13-21(19,22)4/h15-19,23H,5-14H2,1-4H3/t15?,16?,17-,18+,19+,20+,21+,22-/m1/s1. The van der Waals surface area contributed by atoms with Gasteiger partial charge < -0.3 is 5.11 Å². The van der Waals surface area contributed by atoms with E-state index in [1.54, 1.807) is 0 Å². The van der Waals surface area contributed by atoms with Gasteiger partial charge >= 0.3 is 0 Å². The molecule has 0 amide bonds. The Morgan fingerprint density at radius 3 is 2.48 bits per heavy atom. The molecule has 4 fully saturated rings. The highest BCUT2D eigenvalue weighted by Crippen LogP contribution is 2.69. The lowest BCUT2D eigenvalue weighted by atomic mass is 9.44. The first kappa shape index (κ1) is 16.4. The predicted octanol–water partition coefficient (Wildman–Crippen LogP) is 5.81. The van der Waals surface area contributed by atoms with E-state index in [2.05, 4.69) is 27.7 Å². The summed E-state index contributed by atoms with van der Waals surface area (Å²) in [5.74, 6) is 4.12. The van der Waals surface area contributed by atoms with Crippen molar-refractivity contribution >= 4 is 0 Å². The number of aliphatic hydroxyl groups is 1.